The number of anilines is 2. The summed E-state index contributed by atoms with van der Waals surface area (Å²) in [6.07, 6.45) is 1.16. The molecule has 38 heavy (non-hydrogen) atoms. The smallest absolute Gasteiger partial charge is 0.410 e. The molecule has 0 saturated heterocycles. The van der Waals surface area contributed by atoms with E-state index in [1.54, 1.807) is 17.4 Å². The van der Waals surface area contributed by atoms with Crippen molar-refractivity contribution in [1.29, 1.82) is 0 Å². The topological polar surface area (TPSA) is 118 Å². The highest BCUT2D eigenvalue weighted by Crippen LogP contribution is 2.39. The lowest BCUT2D eigenvalue weighted by Gasteiger charge is -2.21. The van der Waals surface area contributed by atoms with Gasteiger partial charge in [-0.25, -0.2) is 9.78 Å². The number of nitrogens with zero attached hydrogens (tertiary/aromatic N) is 2. The van der Waals surface area contributed by atoms with Gasteiger partial charge in [0, 0.05) is 58.3 Å². The first kappa shape index (κ1) is 27.1. The van der Waals surface area contributed by atoms with Crippen LogP contribution in [0.15, 0.2) is 77.8 Å². The molecule has 0 saturated carbocycles. The normalized spacial score (nSPS) is 11.2. The van der Waals surface area contributed by atoms with Crippen LogP contribution in [0, 0.1) is 10.1 Å². The molecule has 0 atom stereocenters. The maximum absolute atomic E-state index is 12.5. The number of hydrogen-bond acceptors (Lipinski definition) is 9. The number of carbonyl (C=O) groups excluding carboxylic acids is 1. The predicted molar refractivity (Wildman–Crippen MR) is 154 cm³/mol. The van der Waals surface area contributed by atoms with Crippen LogP contribution in [-0.4, -0.2) is 28.6 Å². The average molecular weight is 550 g/mol. The summed E-state index contributed by atoms with van der Waals surface area (Å²) >= 11 is 3.07. The molecule has 0 aliphatic heterocycles. The number of hydrogen-bond donors (Lipinski definition) is 3. The van der Waals surface area contributed by atoms with Gasteiger partial charge in [-0.3, -0.25) is 20.2 Å². The van der Waals surface area contributed by atoms with Crippen molar-refractivity contribution in [3.8, 4) is 26.8 Å². The number of aromatic nitrogens is 1. The van der Waals surface area contributed by atoms with E-state index in [-0.39, 0.29) is 17.0 Å². The van der Waals surface area contributed by atoms with E-state index in [2.05, 4.69) is 41.1 Å². The molecule has 0 aliphatic rings. The molecule has 3 aromatic carbocycles. The second-order valence-corrected chi connectivity index (χ2v) is 11.2. The predicted octanol–water partition coefficient (Wildman–Crippen LogP) is 7.43. The fourth-order valence-electron chi connectivity index (χ4n) is 3.29. The van der Waals surface area contributed by atoms with E-state index >= 15 is 0 Å². The Morgan fingerprint density at radius 1 is 1.03 bits per heavy atom. The van der Waals surface area contributed by atoms with Crippen LogP contribution in [0.2, 0.25) is 0 Å². The molecular weight excluding hydrogens is 522 g/mol. The Hall–Kier alpha value is -3.93. The van der Waals surface area contributed by atoms with Crippen LogP contribution in [-0.2, 0) is 0 Å². The molecule has 1 amide bonds. The molecule has 196 valence electrons. The van der Waals surface area contributed by atoms with Gasteiger partial charge >= 0.3 is 6.09 Å². The van der Waals surface area contributed by atoms with Crippen molar-refractivity contribution in [1.82, 2.24) is 9.71 Å². The molecule has 4 rings (SSSR count). The number of thiazole rings is 1. The van der Waals surface area contributed by atoms with Crippen molar-refractivity contribution in [2.24, 2.45) is 0 Å². The molecule has 0 unspecified atom stereocenters. The highest BCUT2D eigenvalue weighted by molar-refractivity contribution is 7.97. The van der Waals surface area contributed by atoms with Crippen molar-refractivity contribution >= 4 is 46.4 Å². The Bertz CT molecular complexity index is 1430. The molecule has 0 fully saturated rings. The van der Waals surface area contributed by atoms with Gasteiger partial charge in [0.2, 0.25) is 0 Å². The van der Waals surface area contributed by atoms with E-state index in [0.717, 1.165) is 31.6 Å². The van der Waals surface area contributed by atoms with Gasteiger partial charge in [0.05, 0.1) is 9.80 Å². The van der Waals surface area contributed by atoms with Gasteiger partial charge in [-0.1, -0.05) is 6.07 Å². The van der Waals surface area contributed by atoms with Gasteiger partial charge in [0.1, 0.15) is 10.8 Å². The first-order valence-corrected chi connectivity index (χ1v) is 13.3. The largest absolute Gasteiger partial charge is 0.417 e. The van der Waals surface area contributed by atoms with Gasteiger partial charge in [0.25, 0.3) is 5.69 Å². The maximum atomic E-state index is 12.5. The van der Waals surface area contributed by atoms with E-state index in [0.29, 0.717) is 5.69 Å². The molecule has 3 N–H and O–H groups in total. The lowest BCUT2D eigenvalue weighted by Crippen LogP contribution is -2.29. The molecule has 0 radical (unpaired) electrons. The van der Waals surface area contributed by atoms with Gasteiger partial charge in [0.15, 0.2) is 0 Å². The lowest BCUT2D eigenvalue weighted by molar-refractivity contribution is -0.384. The minimum Gasteiger partial charge on any atom is -0.410 e. The SMILES string of the molecule is CNc1ccc(-c2ncc(-c3ccc(NC(=O)Oc4ccc([N+](=O)[O-])cc4)cc3SNC(C)(C)C)s2)cc1. The summed E-state index contributed by atoms with van der Waals surface area (Å²) < 4.78 is 8.71. The molecule has 0 spiro atoms. The van der Waals surface area contributed by atoms with Crippen LogP contribution in [0.4, 0.5) is 21.9 Å². The number of carbonyl (C=O) groups is 1. The number of nitro benzene ring substituents is 1. The van der Waals surface area contributed by atoms with Crippen molar-refractivity contribution in [2.75, 3.05) is 17.7 Å². The second-order valence-electron chi connectivity index (χ2n) is 9.29. The summed E-state index contributed by atoms with van der Waals surface area (Å²) in [7, 11) is 1.88. The molecule has 1 aromatic heterocycles. The maximum Gasteiger partial charge on any atom is 0.417 e. The van der Waals surface area contributed by atoms with E-state index in [9.17, 15) is 14.9 Å². The summed E-state index contributed by atoms with van der Waals surface area (Å²) in [5.74, 6) is 0.202. The number of ether oxygens (including phenoxy) is 1. The van der Waals surface area contributed by atoms with Gasteiger partial charge in [-0.05, 0) is 81.3 Å². The Kier molecular flexibility index (Phi) is 8.30. The van der Waals surface area contributed by atoms with Crippen molar-refractivity contribution in [2.45, 2.75) is 31.2 Å². The van der Waals surface area contributed by atoms with Gasteiger partial charge in [-0.15, -0.1) is 11.3 Å². The molecular formula is C27H27N5O4S2. The van der Waals surface area contributed by atoms with Gasteiger partial charge < -0.3 is 10.1 Å². The number of benzene rings is 3. The van der Waals surface area contributed by atoms with Crippen LogP contribution in [0.5, 0.6) is 5.75 Å². The highest BCUT2D eigenvalue weighted by Gasteiger charge is 2.17. The average Bonchev–Trinajstić information content (AvgIpc) is 3.37. The van der Waals surface area contributed by atoms with E-state index in [1.165, 1.54) is 36.2 Å². The van der Waals surface area contributed by atoms with Crippen LogP contribution in [0.25, 0.3) is 21.0 Å². The zero-order chi connectivity index (χ0) is 27.3. The number of amides is 1. The lowest BCUT2D eigenvalue weighted by atomic mass is 10.1. The Balaban J connectivity index is 1.55. The fourth-order valence-corrected chi connectivity index (χ4v) is 5.21. The first-order valence-electron chi connectivity index (χ1n) is 11.7. The number of nitrogens with one attached hydrogen (secondary N) is 3. The third-order valence-electron chi connectivity index (χ3n) is 5.14. The molecule has 4 aromatic rings. The first-order chi connectivity index (χ1) is 18.1. The van der Waals surface area contributed by atoms with Crippen LogP contribution >= 0.6 is 23.3 Å². The number of nitro groups is 1. The Morgan fingerprint density at radius 2 is 1.71 bits per heavy atom. The van der Waals surface area contributed by atoms with Crippen molar-refractivity contribution in [3.05, 3.63) is 83.0 Å². The number of non-ortho nitro benzene ring substituents is 1. The van der Waals surface area contributed by atoms with Crippen LogP contribution < -0.4 is 20.1 Å². The second kappa shape index (κ2) is 11.6. The quantitative estimate of drug-likeness (QED) is 0.118. The van der Waals surface area contributed by atoms with Crippen LogP contribution in [0.3, 0.4) is 0 Å². The van der Waals surface area contributed by atoms with Crippen molar-refractivity contribution in [3.63, 3.8) is 0 Å². The Labute approximate surface area is 228 Å². The zero-order valence-corrected chi connectivity index (χ0v) is 22.9. The van der Waals surface area contributed by atoms with E-state index < -0.39 is 11.0 Å². The standard InChI is InChI=1S/C27H27N5O4S2/c1-27(2,3)31-38-23-15-19(30-26(33)36-21-12-10-20(11-13-21)32(34)35)9-14-22(23)24-16-29-25(37-24)17-5-7-18(28-4)8-6-17/h5-16,28,31H,1-4H3,(H,30,33). The minimum absolute atomic E-state index is 0.0810. The summed E-state index contributed by atoms with van der Waals surface area (Å²) in [6, 6.07) is 19.0. The molecule has 0 aliphatic carbocycles. The van der Waals surface area contributed by atoms with Gasteiger partial charge in [-0.2, -0.15) is 0 Å². The molecule has 1 heterocycles. The molecule has 11 heteroatoms. The summed E-state index contributed by atoms with van der Waals surface area (Å²) in [6.45, 7) is 6.22. The monoisotopic (exact) mass is 549 g/mol. The van der Waals surface area contributed by atoms with Crippen LogP contribution in [0.1, 0.15) is 20.8 Å². The molecule has 9 nitrogen and oxygen atoms in total. The summed E-state index contributed by atoms with van der Waals surface area (Å²) in [5.41, 5.74) is 3.38. The Morgan fingerprint density at radius 3 is 2.34 bits per heavy atom. The molecule has 0 bridgehead atoms. The highest BCUT2D eigenvalue weighted by atomic mass is 32.2. The third kappa shape index (κ3) is 7.09. The van der Waals surface area contributed by atoms with Crippen molar-refractivity contribution < 1.29 is 14.5 Å². The summed E-state index contributed by atoms with van der Waals surface area (Å²) in [5, 5.41) is 17.6. The summed E-state index contributed by atoms with van der Waals surface area (Å²) in [4.78, 5) is 29.3. The van der Waals surface area contributed by atoms with E-state index in [4.69, 9.17) is 4.74 Å². The fraction of sp³-hybridized carbons (Fsp3) is 0.185. The van der Waals surface area contributed by atoms with E-state index in [1.807, 2.05) is 49.6 Å². The number of rotatable bonds is 8. The minimum atomic E-state index is -0.698. The third-order valence-corrected chi connectivity index (χ3v) is 7.50. The zero-order valence-electron chi connectivity index (χ0n) is 21.3.